The molecule has 3 rings (SSSR count). The normalized spacial score (nSPS) is 10.8. The van der Waals surface area contributed by atoms with E-state index in [2.05, 4.69) is 15.8 Å². The fourth-order valence-electron chi connectivity index (χ4n) is 2.62. The van der Waals surface area contributed by atoms with Crippen LogP contribution in [0.5, 0.6) is 0 Å². The number of benzene rings is 2. The molecule has 2 N–H and O–H groups in total. The van der Waals surface area contributed by atoms with E-state index in [0.29, 0.717) is 32.7 Å². The molecule has 9 nitrogen and oxygen atoms in total. The van der Waals surface area contributed by atoms with E-state index in [4.69, 9.17) is 27.6 Å². The number of non-ortho nitro benzene ring substituents is 1. The van der Waals surface area contributed by atoms with Crippen molar-refractivity contribution in [3.05, 3.63) is 80.0 Å². The number of furan rings is 1. The number of nitrogens with zero attached hydrogens (tertiary/aromatic N) is 2. The number of nitro benzene ring substituents is 1. The van der Waals surface area contributed by atoms with Crippen molar-refractivity contribution in [1.82, 2.24) is 5.43 Å². The van der Waals surface area contributed by atoms with Crippen LogP contribution >= 0.6 is 23.2 Å². The molecule has 0 saturated heterocycles. The predicted octanol–water partition coefficient (Wildman–Crippen LogP) is 4.56. The molecule has 0 aliphatic rings. The number of carbonyl (C=O) groups is 2. The highest BCUT2D eigenvalue weighted by Crippen LogP contribution is 2.28. The van der Waals surface area contributed by atoms with Crippen molar-refractivity contribution in [3.8, 4) is 11.3 Å². The van der Waals surface area contributed by atoms with Crippen LogP contribution in [0.25, 0.3) is 11.3 Å². The molecular weight excluding hydrogens is 447 g/mol. The standard InChI is InChI=1S/C20H14Cl2N4O5/c1-11-6-15(26(29)30)2-4-17(11)18-5-3-16(31-18)10-23-25-20(28)19(27)24-14-8-12(21)7-13(22)9-14/h2-10H,1H3,(H,24,27)(H,25,28). The van der Waals surface area contributed by atoms with Gasteiger partial charge in [-0.2, -0.15) is 5.10 Å². The minimum atomic E-state index is -1.01. The fraction of sp³-hybridized carbons (Fsp3) is 0.0500. The van der Waals surface area contributed by atoms with Gasteiger partial charge in [-0.05, 0) is 48.9 Å². The summed E-state index contributed by atoms with van der Waals surface area (Å²) in [6.45, 7) is 1.73. The second kappa shape index (κ2) is 9.41. The second-order valence-corrected chi connectivity index (χ2v) is 7.14. The Kier molecular flexibility index (Phi) is 6.68. The summed E-state index contributed by atoms with van der Waals surface area (Å²) in [6.07, 6.45) is 1.21. The summed E-state index contributed by atoms with van der Waals surface area (Å²) in [5, 5.41) is 17.5. The van der Waals surface area contributed by atoms with E-state index in [-0.39, 0.29) is 11.4 Å². The number of carbonyl (C=O) groups excluding carboxylic acids is 2. The lowest BCUT2D eigenvalue weighted by Gasteiger charge is -2.05. The highest BCUT2D eigenvalue weighted by molar-refractivity contribution is 6.40. The van der Waals surface area contributed by atoms with Gasteiger partial charge in [0.25, 0.3) is 5.69 Å². The Labute approximate surface area is 185 Å². The molecule has 2 aromatic carbocycles. The summed E-state index contributed by atoms with van der Waals surface area (Å²) in [7, 11) is 0. The van der Waals surface area contributed by atoms with Gasteiger partial charge in [-0.25, -0.2) is 5.43 Å². The van der Waals surface area contributed by atoms with Crippen LogP contribution in [-0.4, -0.2) is 23.0 Å². The lowest BCUT2D eigenvalue weighted by atomic mass is 10.1. The van der Waals surface area contributed by atoms with Crippen LogP contribution in [0.2, 0.25) is 10.0 Å². The molecular formula is C20H14Cl2N4O5. The Morgan fingerprint density at radius 2 is 1.77 bits per heavy atom. The molecule has 2 amide bonds. The molecule has 0 aliphatic heterocycles. The average molecular weight is 461 g/mol. The predicted molar refractivity (Wildman–Crippen MR) is 116 cm³/mol. The zero-order valence-electron chi connectivity index (χ0n) is 15.9. The average Bonchev–Trinajstić information content (AvgIpc) is 3.15. The molecule has 0 bridgehead atoms. The lowest BCUT2D eigenvalue weighted by Crippen LogP contribution is -2.32. The maximum Gasteiger partial charge on any atom is 0.329 e. The van der Waals surface area contributed by atoms with Gasteiger partial charge in [0, 0.05) is 33.4 Å². The summed E-state index contributed by atoms with van der Waals surface area (Å²) < 4.78 is 5.61. The molecule has 0 radical (unpaired) electrons. The Morgan fingerprint density at radius 3 is 2.42 bits per heavy atom. The van der Waals surface area contributed by atoms with E-state index in [9.17, 15) is 19.7 Å². The molecule has 3 aromatic rings. The summed E-state index contributed by atoms with van der Waals surface area (Å²) in [6, 6.07) is 12.0. The van der Waals surface area contributed by atoms with Crippen LogP contribution in [0.4, 0.5) is 11.4 Å². The van der Waals surface area contributed by atoms with E-state index < -0.39 is 16.7 Å². The largest absolute Gasteiger partial charge is 0.455 e. The minimum Gasteiger partial charge on any atom is -0.455 e. The first kappa shape index (κ1) is 22.0. The molecule has 0 spiro atoms. The quantitative estimate of drug-likeness (QED) is 0.249. The summed E-state index contributed by atoms with van der Waals surface area (Å²) >= 11 is 11.7. The minimum absolute atomic E-state index is 0.0179. The van der Waals surface area contributed by atoms with Crippen molar-refractivity contribution in [2.45, 2.75) is 6.92 Å². The van der Waals surface area contributed by atoms with Crippen LogP contribution in [0.3, 0.4) is 0 Å². The summed E-state index contributed by atoms with van der Waals surface area (Å²) in [5.74, 6) is -1.20. The number of anilines is 1. The number of hydrogen-bond acceptors (Lipinski definition) is 6. The molecule has 11 heteroatoms. The van der Waals surface area contributed by atoms with E-state index in [1.54, 1.807) is 25.1 Å². The number of hydrogen-bond donors (Lipinski definition) is 2. The molecule has 0 saturated carbocycles. The summed E-state index contributed by atoms with van der Waals surface area (Å²) in [4.78, 5) is 34.2. The van der Waals surface area contributed by atoms with Crippen molar-refractivity contribution in [1.29, 1.82) is 0 Å². The van der Waals surface area contributed by atoms with Crippen LogP contribution in [-0.2, 0) is 9.59 Å². The number of amides is 2. The van der Waals surface area contributed by atoms with Gasteiger partial charge in [-0.15, -0.1) is 0 Å². The molecule has 158 valence electrons. The maximum absolute atomic E-state index is 11.9. The highest BCUT2D eigenvalue weighted by Gasteiger charge is 2.14. The third-order valence-corrected chi connectivity index (χ3v) is 4.43. The zero-order chi connectivity index (χ0) is 22.5. The zero-order valence-corrected chi connectivity index (χ0v) is 17.4. The van der Waals surface area contributed by atoms with Crippen LogP contribution in [0.1, 0.15) is 11.3 Å². The molecule has 1 aromatic heterocycles. The molecule has 0 fully saturated rings. The molecule has 1 heterocycles. The smallest absolute Gasteiger partial charge is 0.329 e. The monoisotopic (exact) mass is 460 g/mol. The fourth-order valence-corrected chi connectivity index (χ4v) is 3.15. The van der Waals surface area contributed by atoms with Gasteiger partial charge < -0.3 is 9.73 Å². The van der Waals surface area contributed by atoms with E-state index >= 15 is 0 Å². The number of halogens is 2. The van der Waals surface area contributed by atoms with Gasteiger partial charge in [0.05, 0.1) is 11.1 Å². The van der Waals surface area contributed by atoms with Crippen LogP contribution in [0.15, 0.2) is 58.0 Å². The Hall–Kier alpha value is -3.69. The first-order valence-corrected chi connectivity index (χ1v) is 9.44. The van der Waals surface area contributed by atoms with Gasteiger partial charge in [0.1, 0.15) is 11.5 Å². The van der Waals surface area contributed by atoms with Gasteiger partial charge in [0.2, 0.25) is 0 Å². The van der Waals surface area contributed by atoms with E-state index in [1.807, 2.05) is 0 Å². The van der Waals surface area contributed by atoms with Gasteiger partial charge in [-0.1, -0.05) is 23.2 Å². The van der Waals surface area contributed by atoms with E-state index in [1.165, 1.54) is 36.5 Å². The number of nitrogens with one attached hydrogen (secondary N) is 2. The topological polar surface area (TPSA) is 127 Å². The highest BCUT2D eigenvalue weighted by atomic mass is 35.5. The summed E-state index contributed by atoms with van der Waals surface area (Å²) in [5.41, 5.74) is 3.66. The second-order valence-electron chi connectivity index (χ2n) is 6.27. The van der Waals surface area contributed by atoms with Gasteiger partial charge in [0.15, 0.2) is 0 Å². The first-order valence-electron chi connectivity index (χ1n) is 8.68. The van der Waals surface area contributed by atoms with Crippen molar-refractivity contribution in [3.63, 3.8) is 0 Å². The SMILES string of the molecule is Cc1cc([N+](=O)[O-])ccc1-c1ccc(C=NNC(=O)C(=O)Nc2cc(Cl)cc(Cl)c2)o1. The van der Waals surface area contributed by atoms with Gasteiger partial charge in [-0.3, -0.25) is 19.7 Å². The maximum atomic E-state index is 11.9. The lowest BCUT2D eigenvalue weighted by molar-refractivity contribution is -0.384. The number of hydrazone groups is 1. The molecule has 31 heavy (non-hydrogen) atoms. The first-order chi connectivity index (χ1) is 14.7. The van der Waals surface area contributed by atoms with Crippen molar-refractivity contribution < 1.29 is 18.9 Å². The van der Waals surface area contributed by atoms with Gasteiger partial charge >= 0.3 is 11.8 Å². The Bertz CT molecular complexity index is 1190. The third-order valence-electron chi connectivity index (χ3n) is 4.00. The van der Waals surface area contributed by atoms with E-state index in [0.717, 1.165) is 0 Å². The van der Waals surface area contributed by atoms with Crippen LogP contribution in [0, 0.1) is 17.0 Å². The van der Waals surface area contributed by atoms with Crippen molar-refractivity contribution in [2.24, 2.45) is 5.10 Å². The Morgan fingerprint density at radius 1 is 1.06 bits per heavy atom. The number of nitro groups is 1. The molecule has 0 aliphatic carbocycles. The number of rotatable bonds is 5. The Balaban J connectivity index is 1.61. The molecule has 0 unspecified atom stereocenters. The number of aryl methyl sites for hydroxylation is 1. The van der Waals surface area contributed by atoms with Crippen molar-refractivity contribution >= 4 is 52.6 Å². The van der Waals surface area contributed by atoms with Crippen LogP contribution < -0.4 is 10.7 Å². The third kappa shape index (κ3) is 5.68. The van der Waals surface area contributed by atoms with Crippen molar-refractivity contribution in [2.75, 3.05) is 5.32 Å². The molecule has 0 atom stereocenters.